The second kappa shape index (κ2) is 14.7. The molecule has 1 amide bonds. The van der Waals surface area contributed by atoms with Gasteiger partial charge in [-0.15, -0.1) is 5.10 Å². The zero-order valence-electron chi connectivity index (χ0n) is 25.1. The van der Waals surface area contributed by atoms with Gasteiger partial charge in [0.25, 0.3) is 5.91 Å². The van der Waals surface area contributed by atoms with Crippen molar-refractivity contribution in [2.45, 2.75) is 70.9 Å². The molecule has 1 aliphatic carbocycles. The van der Waals surface area contributed by atoms with Crippen molar-refractivity contribution < 1.29 is 10.3 Å². The second-order valence-electron chi connectivity index (χ2n) is 11.3. The number of fused-ring (bicyclic) bond motifs is 1. The molecule has 6 rings (SSSR count). The van der Waals surface area contributed by atoms with Crippen LogP contribution in [0.2, 0.25) is 0 Å². The Morgan fingerprint density at radius 1 is 1.00 bits per heavy atom. The topological polar surface area (TPSA) is 157 Å². The molecule has 11 heteroatoms. The number of hydrazine groups is 1. The lowest BCUT2D eigenvalue weighted by Crippen LogP contribution is -2.47. The van der Waals surface area contributed by atoms with Gasteiger partial charge in [0.05, 0.1) is 17.6 Å². The molecule has 2 aromatic heterocycles. The van der Waals surface area contributed by atoms with Crippen molar-refractivity contribution in [3.8, 4) is 22.5 Å². The van der Waals surface area contributed by atoms with Crippen LogP contribution < -0.4 is 16.2 Å². The average molecular weight is 596 g/mol. The lowest BCUT2D eigenvalue weighted by molar-refractivity contribution is -0.120. The van der Waals surface area contributed by atoms with Crippen molar-refractivity contribution in [3.63, 3.8) is 0 Å². The van der Waals surface area contributed by atoms with Gasteiger partial charge in [-0.1, -0.05) is 81.1 Å². The molecule has 0 radical (unpaired) electrons. The molecular formula is C33H41N9O2. The molecule has 1 fully saturated rings. The van der Waals surface area contributed by atoms with Crippen LogP contribution in [0.1, 0.15) is 63.3 Å². The minimum absolute atomic E-state index is 0. The Balaban J connectivity index is 0.00000384. The van der Waals surface area contributed by atoms with Gasteiger partial charge in [0.2, 0.25) is 0 Å². The van der Waals surface area contributed by atoms with Gasteiger partial charge in [-0.25, -0.2) is 15.5 Å². The van der Waals surface area contributed by atoms with Crippen molar-refractivity contribution in [1.82, 2.24) is 41.0 Å². The number of nitrogens with zero attached hydrogens (tertiary/aromatic N) is 5. The molecule has 2 heterocycles. The predicted molar refractivity (Wildman–Crippen MR) is 173 cm³/mol. The number of nitrogens with one attached hydrogen (secondary N) is 4. The summed E-state index contributed by atoms with van der Waals surface area (Å²) in [5.41, 5.74) is 13.3. The van der Waals surface area contributed by atoms with Crippen LogP contribution in [0.25, 0.3) is 33.5 Å². The van der Waals surface area contributed by atoms with Gasteiger partial charge >= 0.3 is 0 Å². The number of hydrogen-bond acceptors (Lipinski definition) is 7. The average Bonchev–Trinajstić information content (AvgIpc) is 3.71. The number of hydrogen-bond donors (Lipinski definition) is 4. The van der Waals surface area contributed by atoms with Gasteiger partial charge in [0.15, 0.2) is 5.82 Å². The molecule has 0 saturated heterocycles. The fourth-order valence-electron chi connectivity index (χ4n) is 5.83. The largest absolute Gasteiger partial charge is 0.412 e. The number of imidazole rings is 1. The van der Waals surface area contributed by atoms with E-state index in [-0.39, 0.29) is 17.9 Å². The number of benzene rings is 3. The summed E-state index contributed by atoms with van der Waals surface area (Å²) in [5, 5.41) is 17.8. The second-order valence-corrected chi connectivity index (χ2v) is 11.3. The molecule has 1 saturated carbocycles. The van der Waals surface area contributed by atoms with Crippen molar-refractivity contribution in [1.29, 1.82) is 0 Å². The van der Waals surface area contributed by atoms with E-state index < -0.39 is 0 Å². The SMILES string of the molecule is CCCCc1nc2ccc(NCC(=O)NNC3CCCCC3)cc2n1Cc1ccc(-c2ccccc2-c2nnn[nH]2)cc1.O. The number of anilines is 1. The number of aryl methyl sites for hydroxylation is 1. The third-order valence-electron chi connectivity index (χ3n) is 8.19. The molecule has 5 aromatic rings. The van der Waals surface area contributed by atoms with Gasteiger partial charge < -0.3 is 15.4 Å². The maximum absolute atomic E-state index is 12.5. The van der Waals surface area contributed by atoms with E-state index in [1.54, 1.807) is 0 Å². The van der Waals surface area contributed by atoms with Crippen LogP contribution in [-0.2, 0) is 17.8 Å². The Morgan fingerprint density at radius 3 is 2.55 bits per heavy atom. The highest BCUT2D eigenvalue weighted by molar-refractivity contribution is 5.84. The summed E-state index contributed by atoms with van der Waals surface area (Å²) in [6.45, 7) is 3.11. The molecule has 0 bridgehead atoms. The van der Waals surface area contributed by atoms with Crippen LogP contribution in [0.4, 0.5) is 5.69 Å². The summed E-state index contributed by atoms with van der Waals surface area (Å²) >= 11 is 0. The molecule has 0 spiro atoms. The number of tetrazole rings is 1. The number of amides is 1. The van der Waals surface area contributed by atoms with Gasteiger partial charge in [0, 0.05) is 30.3 Å². The van der Waals surface area contributed by atoms with E-state index in [9.17, 15) is 4.79 Å². The maximum Gasteiger partial charge on any atom is 0.253 e. The molecule has 44 heavy (non-hydrogen) atoms. The summed E-state index contributed by atoms with van der Waals surface area (Å²) in [5.74, 6) is 1.66. The van der Waals surface area contributed by atoms with E-state index >= 15 is 0 Å². The lowest BCUT2D eigenvalue weighted by Gasteiger charge is -2.23. The summed E-state index contributed by atoms with van der Waals surface area (Å²) in [7, 11) is 0. The van der Waals surface area contributed by atoms with Crippen molar-refractivity contribution in [3.05, 3.63) is 78.1 Å². The van der Waals surface area contributed by atoms with E-state index in [0.29, 0.717) is 18.4 Å². The number of carbonyl (C=O) groups excluding carboxylic acids is 1. The van der Waals surface area contributed by atoms with Crippen molar-refractivity contribution in [2.24, 2.45) is 0 Å². The molecule has 3 aromatic carbocycles. The number of rotatable bonds is 12. The fourth-order valence-corrected chi connectivity index (χ4v) is 5.83. The molecule has 0 atom stereocenters. The van der Waals surface area contributed by atoms with Crippen LogP contribution in [0.3, 0.4) is 0 Å². The summed E-state index contributed by atoms with van der Waals surface area (Å²) < 4.78 is 2.31. The normalized spacial score (nSPS) is 13.5. The van der Waals surface area contributed by atoms with Crippen LogP contribution in [-0.4, -0.2) is 54.1 Å². The summed E-state index contributed by atoms with van der Waals surface area (Å²) in [6, 6.07) is 23.3. The van der Waals surface area contributed by atoms with Gasteiger partial charge in [0.1, 0.15) is 5.82 Å². The standard InChI is InChI=1S/C33H39N9O.H2O/c1-2-3-13-31-35-29-19-18-26(34-21-32(43)37-36-25-9-5-4-6-10-25)20-30(29)42(31)22-23-14-16-24(17-15-23)27-11-7-8-12-28(27)33-38-40-41-39-33;/h7-8,11-12,14-20,25,34,36H,2-6,9-10,13,21-22H2,1H3,(H,37,43)(H,38,39,40,41);1H2. The van der Waals surface area contributed by atoms with Crippen LogP contribution >= 0.6 is 0 Å². The summed E-state index contributed by atoms with van der Waals surface area (Å²) in [6.07, 6.45) is 9.06. The number of carbonyl (C=O) groups is 1. The predicted octanol–water partition coefficient (Wildman–Crippen LogP) is 4.82. The fraction of sp³-hybridized carbons (Fsp3) is 0.364. The molecule has 0 unspecified atom stereocenters. The molecule has 11 nitrogen and oxygen atoms in total. The maximum atomic E-state index is 12.5. The first kappa shape index (κ1) is 30.8. The van der Waals surface area contributed by atoms with Crippen LogP contribution in [0.5, 0.6) is 0 Å². The first-order valence-corrected chi connectivity index (χ1v) is 15.4. The smallest absolute Gasteiger partial charge is 0.253 e. The van der Waals surface area contributed by atoms with Gasteiger partial charge in [-0.05, 0) is 64.6 Å². The molecule has 1 aliphatic rings. The Bertz CT molecular complexity index is 1640. The molecule has 230 valence electrons. The van der Waals surface area contributed by atoms with Crippen molar-refractivity contribution >= 4 is 22.6 Å². The van der Waals surface area contributed by atoms with Gasteiger partial charge in [-0.2, -0.15) is 0 Å². The number of aromatic amines is 1. The quantitative estimate of drug-likeness (QED) is 0.151. The number of aromatic nitrogens is 6. The first-order chi connectivity index (χ1) is 21.2. The van der Waals surface area contributed by atoms with E-state index in [4.69, 9.17) is 4.98 Å². The van der Waals surface area contributed by atoms with E-state index in [2.05, 4.69) is 84.7 Å². The highest BCUT2D eigenvalue weighted by Crippen LogP contribution is 2.30. The Kier molecular flexibility index (Phi) is 10.3. The molecule has 6 N–H and O–H groups in total. The van der Waals surface area contributed by atoms with Crippen LogP contribution in [0, 0.1) is 0 Å². The highest BCUT2D eigenvalue weighted by Gasteiger charge is 2.15. The van der Waals surface area contributed by atoms with Crippen LogP contribution in [0.15, 0.2) is 66.7 Å². The minimum atomic E-state index is -0.0657. The van der Waals surface area contributed by atoms with Gasteiger partial charge in [-0.3, -0.25) is 10.2 Å². The Labute approximate surface area is 257 Å². The Hall–Kier alpha value is -4.61. The zero-order valence-corrected chi connectivity index (χ0v) is 25.1. The minimum Gasteiger partial charge on any atom is -0.412 e. The zero-order chi connectivity index (χ0) is 29.4. The third-order valence-corrected chi connectivity index (χ3v) is 8.19. The van der Waals surface area contributed by atoms with E-state index in [0.717, 1.165) is 71.3 Å². The number of H-pyrrole nitrogens is 1. The lowest BCUT2D eigenvalue weighted by atomic mass is 9.96. The monoisotopic (exact) mass is 595 g/mol. The highest BCUT2D eigenvalue weighted by atomic mass is 16.2. The third kappa shape index (κ3) is 7.29. The Morgan fingerprint density at radius 2 is 1.80 bits per heavy atom. The summed E-state index contributed by atoms with van der Waals surface area (Å²) in [4.78, 5) is 17.5. The molecular weight excluding hydrogens is 554 g/mol. The number of unbranched alkanes of at least 4 members (excludes halogenated alkanes) is 1. The van der Waals surface area contributed by atoms with E-state index in [1.165, 1.54) is 24.8 Å². The molecule has 0 aliphatic heterocycles. The first-order valence-electron chi connectivity index (χ1n) is 15.4. The van der Waals surface area contributed by atoms with E-state index in [1.807, 2.05) is 30.3 Å². The van der Waals surface area contributed by atoms with Crippen molar-refractivity contribution in [2.75, 3.05) is 11.9 Å².